The van der Waals surface area contributed by atoms with Gasteiger partial charge in [0, 0.05) is 43.9 Å². The number of fused-ring (bicyclic) bond motifs is 2. The number of ether oxygens (including phenoxy) is 3. The second-order valence-corrected chi connectivity index (χ2v) is 10.9. The van der Waals surface area contributed by atoms with Crippen molar-refractivity contribution in [2.24, 2.45) is 17.6 Å². The van der Waals surface area contributed by atoms with E-state index in [0.29, 0.717) is 30.4 Å². The molecule has 42 heavy (non-hydrogen) atoms. The fourth-order valence-electron chi connectivity index (χ4n) is 5.26. The maximum absolute atomic E-state index is 13.5. The van der Waals surface area contributed by atoms with E-state index in [1.54, 1.807) is 32.9 Å². The molecule has 0 fully saturated rings. The second kappa shape index (κ2) is 16.3. The summed E-state index contributed by atoms with van der Waals surface area (Å²) in [6.45, 7) is 6.05. The van der Waals surface area contributed by atoms with Crippen LogP contribution in [0.1, 0.15) is 53.4 Å². The first kappa shape index (κ1) is 34.8. The van der Waals surface area contributed by atoms with Crippen LogP contribution in [0, 0.1) is 11.8 Å². The Morgan fingerprint density at radius 1 is 1.17 bits per heavy atom. The minimum absolute atomic E-state index is 0.00630. The standard InChI is InChI=1S/C30H44FN3O8/c1-16-12-20-25(33-11-10-31)22(35)15-21(27(20)37)34-29(38)17(2)8-7-9-23(40-5)28(42-30(32)39)19(4)14-18(3)26(36)24(13-16)41-6/h8,14-16,18,23-24,26,28,33,36H,7,9-13H2,1-6H3,(H2,32,39)(H,34,38)/b17-8+,19-14+/t16-,18+,23?,24+,26-,28+/m1/s1. The first-order valence-corrected chi connectivity index (χ1v) is 14.0. The van der Waals surface area contributed by atoms with Crippen LogP contribution >= 0.6 is 0 Å². The molecule has 0 saturated carbocycles. The lowest BCUT2D eigenvalue weighted by atomic mass is 9.85. The van der Waals surface area contributed by atoms with Crippen molar-refractivity contribution in [2.75, 3.05) is 27.4 Å². The first-order chi connectivity index (χ1) is 19.8. The molecular weight excluding hydrogens is 549 g/mol. The Hall–Kier alpha value is -3.35. The summed E-state index contributed by atoms with van der Waals surface area (Å²) in [4.78, 5) is 51.1. The third-order valence-corrected chi connectivity index (χ3v) is 7.51. The molecule has 6 atom stereocenters. The second-order valence-electron chi connectivity index (χ2n) is 10.9. The number of amides is 2. The van der Waals surface area contributed by atoms with Gasteiger partial charge < -0.3 is 35.7 Å². The summed E-state index contributed by atoms with van der Waals surface area (Å²) < 4.78 is 29.6. The van der Waals surface area contributed by atoms with E-state index in [1.165, 1.54) is 14.2 Å². The molecule has 11 nitrogen and oxygen atoms in total. The Labute approximate surface area is 246 Å². The zero-order valence-electron chi connectivity index (χ0n) is 25.2. The number of nitrogens with two attached hydrogens (primary N) is 1. The van der Waals surface area contributed by atoms with Gasteiger partial charge in [0.2, 0.25) is 11.6 Å². The van der Waals surface area contributed by atoms with Crippen molar-refractivity contribution in [1.82, 2.24) is 10.6 Å². The Balaban J connectivity index is 2.56. The normalized spacial score (nSPS) is 31.3. The van der Waals surface area contributed by atoms with Crippen LogP contribution in [0.25, 0.3) is 0 Å². The number of primary amides is 1. The molecule has 0 radical (unpaired) electrons. The van der Waals surface area contributed by atoms with Crippen LogP contribution in [0.3, 0.4) is 0 Å². The summed E-state index contributed by atoms with van der Waals surface area (Å²) in [6, 6.07) is 0. The molecule has 2 bridgehead atoms. The molecule has 0 spiro atoms. The number of allylic oxidation sites excluding steroid dienone is 3. The number of hydrogen-bond donors (Lipinski definition) is 4. The quantitative estimate of drug-likeness (QED) is 0.267. The zero-order chi connectivity index (χ0) is 31.6. The Bertz CT molecular complexity index is 1150. The van der Waals surface area contributed by atoms with Crippen molar-refractivity contribution < 1.29 is 42.9 Å². The molecule has 1 aliphatic heterocycles. The smallest absolute Gasteiger partial charge is 0.405 e. The van der Waals surface area contributed by atoms with Gasteiger partial charge >= 0.3 is 6.09 Å². The number of carbonyl (C=O) groups excluding carboxylic acids is 4. The van der Waals surface area contributed by atoms with Gasteiger partial charge in [0.15, 0.2) is 6.10 Å². The number of aliphatic hydroxyl groups is 1. The molecule has 0 aromatic rings. The highest BCUT2D eigenvalue weighted by molar-refractivity contribution is 6.23. The number of ketones is 2. The maximum atomic E-state index is 13.5. The van der Waals surface area contributed by atoms with Crippen LogP contribution < -0.4 is 16.4 Å². The third kappa shape index (κ3) is 9.33. The van der Waals surface area contributed by atoms with Crippen molar-refractivity contribution >= 4 is 23.6 Å². The Morgan fingerprint density at radius 2 is 1.83 bits per heavy atom. The van der Waals surface area contributed by atoms with E-state index in [9.17, 15) is 28.7 Å². The minimum Gasteiger partial charge on any atom is -0.439 e. The molecule has 5 N–H and O–H groups in total. The maximum Gasteiger partial charge on any atom is 0.405 e. The van der Waals surface area contributed by atoms with E-state index >= 15 is 0 Å². The van der Waals surface area contributed by atoms with Gasteiger partial charge in [-0.3, -0.25) is 14.4 Å². The molecule has 2 amide bonds. The van der Waals surface area contributed by atoms with Gasteiger partial charge in [-0.2, -0.15) is 0 Å². The van der Waals surface area contributed by atoms with Gasteiger partial charge in [0.1, 0.15) is 6.67 Å². The summed E-state index contributed by atoms with van der Waals surface area (Å²) in [5.41, 5.74) is 6.20. The molecule has 0 aromatic carbocycles. The van der Waals surface area contributed by atoms with Crippen molar-refractivity contribution in [2.45, 2.75) is 77.8 Å². The highest BCUT2D eigenvalue weighted by atomic mass is 19.1. The molecule has 12 heteroatoms. The number of alkyl halides is 1. The SMILES string of the molecule is COC1CC/C=C(\C)C(=O)NC2=CC(=O)C(NCCF)=C(C[C@@H](C)C[C@H](OC)[C@H](O)[C@@H](C)/C=C(\C)[C@@H]1OC(N)=O)C2=O. The van der Waals surface area contributed by atoms with Gasteiger partial charge in [0.05, 0.1) is 29.7 Å². The van der Waals surface area contributed by atoms with Crippen LogP contribution in [0.15, 0.2) is 46.3 Å². The third-order valence-electron chi connectivity index (χ3n) is 7.51. The van der Waals surface area contributed by atoms with Crippen LogP contribution in [0.2, 0.25) is 0 Å². The molecule has 234 valence electrons. The fraction of sp³-hybridized carbons (Fsp3) is 0.600. The largest absolute Gasteiger partial charge is 0.439 e. The molecule has 1 heterocycles. The van der Waals surface area contributed by atoms with E-state index in [1.807, 2.05) is 6.92 Å². The van der Waals surface area contributed by atoms with E-state index in [4.69, 9.17) is 19.9 Å². The number of rotatable bonds is 6. The minimum atomic E-state index is -0.982. The Morgan fingerprint density at radius 3 is 2.43 bits per heavy atom. The summed E-state index contributed by atoms with van der Waals surface area (Å²) >= 11 is 0. The average molecular weight is 594 g/mol. The number of aliphatic hydroxyl groups excluding tert-OH is 1. The number of nitrogens with one attached hydrogen (secondary N) is 2. The highest BCUT2D eigenvalue weighted by Gasteiger charge is 2.33. The van der Waals surface area contributed by atoms with Crippen molar-refractivity contribution in [3.05, 3.63) is 46.3 Å². The van der Waals surface area contributed by atoms with Gasteiger partial charge in [-0.1, -0.05) is 26.0 Å². The zero-order valence-corrected chi connectivity index (χ0v) is 25.2. The van der Waals surface area contributed by atoms with Crippen LogP contribution in [0.5, 0.6) is 0 Å². The number of Topliss-reactive ketones (excluding diaryl/α,β-unsaturated/α-hetero) is 1. The lowest BCUT2D eigenvalue weighted by Crippen LogP contribution is -2.38. The summed E-state index contributed by atoms with van der Waals surface area (Å²) in [5.74, 6) is -2.38. The lowest BCUT2D eigenvalue weighted by molar-refractivity contribution is -0.120. The molecule has 0 aromatic heterocycles. The number of hydrogen-bond acceptors (Lipinski definition) is 9. The molecule has 2 aliphatic rings. The summed E-state index contributed by atoms with van der Waals surface area (Å²) in [5, 5.41) is 16.5. The number of methoxy groups -OCH3 is 2. The number of carbonyl (C=O) groups is 4. The van der Waals surface area contributed by atoms with E-state index < -0.39 is 60.6 Å². The fourth-order valence-corrected chi connectivity index (χ4v) is 5.26. The van der Waals surface area contributed by atoms with E-state index in [0.717, 1.165) is 6.08 Å². The topological polar surface area (TPSA) is 166 Å². The lowest BCUT2D eigenvalue weighted by Gasteiger charge is -2.30. The highest BCUT2D eigenvalue weighted by Crippen LogP contribution is 2.29. The van der Waals surface area contributed by atoms with E-state index in [-0.39, 0.29) is 35.9 Å². The van der Waals surface area contributed by atoms with Crippen molar-refractivity contribution in [3.8, 4) is 0 Å². The molecule has 1 unspecified atom stereocenters. The number of halogens is 1. The van der Waals surface area contributed by atoms with E-state index in [2.05, 4.69) is 10.6 Å². The van der Waals surface area contributed by atoms with Gasteiger partial charge in [0.25, 0.3) is 5.91 Å². The predicted octanol–water partition coefficient (Wildman–Crippen LogP) is 2.55. The van der Waals surface area contributed by atoms with Gasteiger partial charge in [-0.15, -0.1) is 0 Å². The van der Waals surface area contributed by atoms with Crippen molar-refractivity contribution in [3.63, 3.8) is 0 Å². The first-order valence-electron chi connectivity index (χ1n) is 14.0. The molecule has 2 rings (SSSR count). The van der Waals surface area contributed by atoms with Gasteiger partial charge in [-0.25, -0.2) is 9.18 Å². The predicted molar refractivity (Wildman–Crippen MR) is 154 cm³/mol. The summed E-state index contributed by atoms with van der Waals surface area (Å²) in [6.07, 6.45) is 1.48. The van der Waals surface area contributed by atoms with Crippen molar-refractivity contribution in [1.29, 1.82) is 0 Å². The van der Waals surface area contributed by atoms with Gasteiger partial charge in [-0.05, 0) is 51.0 Å². The molecule has 1 aliphatic carbocycles. The summed E-state index contributed by atoms with van der Waals surface area (Å²) in [7, 11) is 2.93. The van der Waals surface area contributed by atoms with Crippen LogP contribution in [-0.4, -0.2) is 80.5 Å². The Kier molecular flexibility index (Phi) is 13.5. The van der Waals surface area contributed by atoms with Crippen LogP contribution in [0.4, 0.5) is 9.18 Å². The van der Waals surface area contributed by atoms with Crippen LogP contribution in [-0.2, 0) is 28.6 Å². The molecular formula is C30H44FN3O8. The monoisotopic (exact) mass is 593 g/mol. The molecule has 0 saturated heterocycles. The average Bonchev–Trinajstić information content (AvgIpc) is 2.94.